The quantitative estimate of drug-likeness (QED) is 0.690. The molecule has 0 spiro atoms. The van der Waals surface area contributed by atoms with Crippen LogP contribution in [0.3, 0.4) is 0 Å². The largest absolute Gasteiger partial charge is 0.318 e. The number of rotatable bonds is 2. The van der Waals surface area contributed by atoms with Crippen molar-refractivity contribution >= 4 is 46.3 Å². The Hall–Kier alpha value is -2.57. The lowest BCUT2D eigenvalue weighted by atomic mass is 10.1. The van der Waals surface area contributed by atoms with E-state index in [4.69, 9.17) is 17.0 Å². The van der Waals surface area contributed by atoms with Crippen molar-refractivity contribution in [2.45, 2.75) is 27.7 Å². The van der Waals surface area contributed by atoms with Gasteiger partial charge in [0, 0.05) is 27.8 Å². The summed E-state index contributed by atoms with van der Waals surface area (Å²) >= 11 is 7.68. The van der Waals surface area contributed by atoms with Crippen molar-refractivity contribution in [1.82, 2.24) is 9.47 Å². The lowest BCUT2D eigenvalue weighted by molar-refractivity contribution is -0.114. The smallest absolute Gasteiger partial charge is 0.283 e. The van der Waals surface area contributed by atoms with Gasteiger partial charge in [0.25, 0.3) is 5.91 Å². The van der Waals surface area contributed by atoms with E-state index in [9.17, 15) is 4.79 Å². The number of amidine groups is 2. The molecule has 142 valence electrons. The SMILES string of the molecule is CC1=CSC2=NC(=O)/C(=C\c3cc(C)n(-c4ccc(C)c(Cl)c4)c3C)C(=N)N12. The molecule has 2 aliphatic heterocycles. The highest BCUT2D eigenvalue weighted by molar-refractivity contribution is 8.16. The van der Waals surface area contributed by atoms with Crippen LogP contribution in [0.15, 0.2) is 45.9 Å². The van der Waals surface area contributed by atoms with Gasteiger partial charge in [0.15, 0.2) is 5.17 Å². The minimum Gasteiger partial charge on any atom is -0.318 e. The van der Waals surface area contributed by atoms with Crippen molar-refractivity contribution in [2.75, 3.05) is 0 Å². The highest BCUT2D eigenvalue weighted by atomic mass is 35.5. The number of allylic oxidation sites excluding steroid dienone is 1. The first kappa shape index (κ1) is 18.8. The first-order chi connectivity index (χ1) is 13.3. The number of aryl methyl sites for hydroxylation is 2. The fourth-order valence-electron chi connectivity index (χ4n) is 3.45. The highest BCUT2D eigenvalue weighted by Crippen LogP contribution is 2.33. The van der Waals surface area contributed by atoms with Gasteiger partial charge in [-0.25, -0.2) is 0 Å². The van der Waals surface area contributed by atoms with Gasteiger partial charge in [0.2, 0.25) is 0 Å². The number of carbonyl (C=O) groups is 1. The molecule has 0 fully saturated rings. The number of nitrogens with one attached hydrogen (secondary N) is 1. The van der Waals surface area contributed by atoms with Gasteiger partial charge in [0.05, 0.1) is 5.57 Å². The Morgan fingerprint density at radius 3 is 2.64 bits per heavy atom. The van der Waals surface area contributed by atoms with Gasteiger partial charge in [-0.05, 0) is 68.5 Å². The van der Waals surface area contributed by atoms with Gasteiger partial charge in [-0.2, -0.15) is 4.99 Å². The van der Waals surface area contributed by atoms with E-state index in [1.54, 1.807) is 11.0 Å². The molecule has 0 bridgehead atoms. The number of hydrogen-bond acceptors (Lipinski definition) is 3. The third kappa shape index (κ3) is 2.93. The van der Waals surface area contributed by atoms with E-state index in [0.717, 1.165) is 33.9 Å². The first-order valence-corrected chi connectivity index (χ1v) is 10.1. The fraction of sp³-hybridized carbons (Fsp3) is 0.190. The van der Waals surface area contributed by atoms with Crippen LogP contribution in [0.25, 0.3) is 11.8 Å². The second-order valence-electron chi connectivity index (χ2n) is 6.91. The van der Waals surface area contributed by atoms with Crippen LogP contribution in [0, 0.1) is 26.2 Å². The molecule has 2 aromatic rings. The maximum atomic E-state index is 12.5. The summed E-state index contributed by atoms with van der Waals surface area (Å²) < 4.78 is 2.10. The molecular formula is C21H19ClN4OS. The number of thioether (sulfide) groups is 1. The standard InChI is InChI=1S/C21H19ClN4OS/c1-11-5-6-16(9-18(11)22)25-12(2)7-15(14(25)4)8-17-19(23)26-13(3)10-28-21(26)24-20(17)27/h5-10,23H,1-4H3/b17-8-,23-19?. The summed E-state index contributed by atoms with van der Waals surface area (Å²) in [5.74, 6) is -0.216. The van der Waals surface area contributed by atoms with Gasteiger partial charge in [0.1, 0.15) is 5.84 Å². The molecule has 0 unspecified atom stereocenters. The zero-order chi connectivity index (χ0) is 20.2. The average molecular weight is 411 g/mol. The lowest BCUT2D eigenvalue weighted by Gasteiger charge is -2.25. The zero-order valence-corrected chi connectivity index (χ0v) is 17.6. The summed E-state index contributed by atoms with van der Waals surface area (Å²) in [4.78, 5) is 18.4. The number of amides is 1. The number of aromatic nitrogens is 1. The molecule has 0 saturated carbocycles. The second-order valence-corrected chi connectivity index (χ2v) is 8.16. The van der Waals surface area contributed by atoms with Crippen molar-refractivity contribution < 1.29 is 4.79 Å². The van der Waals surface area contributed by atoms with Crippen LogP contribution < -0.4 is 0 Å². The molecule has 7 heteroatoms. The number of nitrogens with zero attached hydrogens (tertiary/aromatic N) is 3. The Morgan fingerprint density at radius 1 is 1.18 bits per heavy atom. The number of fused-ring (bicyclic) bond motifs is 1. The van der Waals surface area contributed by atoms with Crippen molar-refractivity contribution in [3.05, 3.63) is 68.5 Å². The van der Waals surface area contributed by atoms with E-state index < -0.39 is 0 Å². The van der Waals surface area contributed by atoms with Crippen molar-refractivity contribution in [2.24, 2.45) is 4.99 Å². The maximum Gasteiger partial charge on any atom is 0.283 e. The summed E-state index contributed by atoms with van der Waals surface area (Å²) in [6.07, 6.45) is 1.76. The average Bonchev–Trinajstić information content (AvgIpc) is 3.14. The summed E-state index contributed by atoms with van der Waals surface area (Å²) in [5, 5.41) is 11.7. The van der Waals surface area contributed by atoms with Crippen LogP contribution in [0.4, 0.5) is 0 Å². The number of benzene rings is 1. The van der Waals surface area contributed by atoms with E-state index in [-0.39, 0.29) is 11.7 Å². The second kappa shape index (κ2) is 6.79. The summed E-state index contributed by atoms with van der Waals surface area (Å²) in [5.41, 5.74) is 6.06. The number of halogens is 1. The van der Waals surface area contributed by atoms with Crippen molar-refractivity contribution in [3.8, 4) is 5.69 Å². The summed E-state index contributed by atoms with van der Waals surface area (Å²) in [6.45, 7) is 7.89. The molecule has 0 saturated heterocycles. The molecule has 2 aliphatic rings. The Bertz CT molecular complexity index is 1140. The summed E-state index contributed by atoms with van der Waals surface area (Å²) in [7, 11) is 0. The number of aliphatic imine (C=N–C) groups is 1. The molecule has 28 heavy (non-hydrogen) atoms. The molecule has 1 aromatic heterocycles. The van der Waals surface area contributed by atoms with E-state index in [2.05, 4.69) is 9.56 Å². The van der Waals surface area contributed by atoms with Crippen LogP contribution >= 0.6 is 23.4 Å². The Kier molecular flexibility index (Phi) is 4.56. The minimum absolute atomic E-state index is 0.164. The van der Waals surface area contributed by atoms with Gasteiger partial charge in [-0.1, -0.05) is 29.4 Å². The first-order valence-electron chi connectivity index (χ1n) is 8.80. The van der Waals surface area contributed by atoms with E-state index in [1.165, 1.54) is 11.8 Å². The molecule has 0 atom stereocenters. The topological polar surface area (TPSA) is 61.5 Å². The van der Waals surface area contributed by atoms with Crippen LogP contribution in [0.1, 0.15) is 29.4 Å². The van der Waals surface area contributed by atoms with Crippen molar-refractivity contribution in [3.63, 3.8) is 0 Å². The lowest BCUT2D eigenvalue weighted by Crippen LogP contribution is -2.37. The normalized spacial score (nSPS) is 17.9. The van der Waals surface area contributed by atoms with Gasteiger partial charge in [-0.3, -0.25) is 15.1 Å². The van der Waals surface area contributed by atoms with E-state index >= 15 is 0 Å². The predicted molar refractivity (Wildman–Crippen MR) is 116 cm³/mol. The molecule has 1 amide bonds. The monoisotopic (exact) mass is 410 g/mol. The fourth-order valence-corrected chi connectivity index (χ4v) is 4.48. The third-order valence-corrected chi connectivity index (χ3v) is 6.32. The highest BCUT2D eigenvalue weighted by Gasteiger charge is 2.34. The molecule has 5 nitrogen and oxygen atoms in total. The number of hydrogen-bond donors (Lipinski definition) is 1. The maximum absolute atomic E-state index is 12.5. The molecule has 1 aromatic carbocycles. The van der Waals surface area contributed by atoms with Crippen LogP contribution in [0.5, 0.6) is 0 Å². The number of carbonyl (C=O) groups excluding carboxylic acids is 1. The minimum atomic E-state index is -0.380. The molecular weight excluding hydrogens is 392 g/mol. The van der Waals surface area contributed by atoms with Crippen LogP contribution in [-0.4, -0.2) is 26.4 Å². The van der Waals surface area contributed by atoms with Gasteiger partial charge < -0.3 is 4.57 Å². The van der Waals surface area contributed by atoms with E-state index in [0.29, 0.717) is 15.8 Å². The van der Waals surface area contributed by atoms with Crippen LogP contribution in [0.2, 0.25) is 5.02 Å². The molecule has 4 rings (SSSR count). The Labute approximate surface area is 172 Å². The summed E-state index contributed by atoms with van der Waals surface area (Å²) in [6, 6.07) is 7.97. The predicted octanol–water partition coefficient (Wildman–Crippen LogP) is 5.22. The zero-order valence-electron chi connectivity index (χ0n) is 16.0. The molecule has 0 aliphatic carbocycles. The Morgan fingerprint density at radius 2 is 1.93 bits per heavy atom. The molecule has 3 heterocycles. The Balaban J connectivity index is 1.79. The third-order valence-electron chi connectivity index (χ3n) is 4.97. The van der Waals surface area contributed by atoms with Gasteiger partial charge in [-0.15, -0.1) is 0 Å². The van der Waals surface area contributed by atoms with Gasteiger partial charge >= 0.3 is 0 Å². The molecule has 0 radical (unpaired) electrons. The molecule has 1 N–H and O–H groups in total. The van der Waals surface area contributed by atoms with E-state index in [1.807, 2.05) is 57.4 Å². The van der Waals surface area contributed by atoms with Crippen molar-refractivity contribution in [1.29, 1.82) is 5.41 Å². The van der Waals surface area contributed by atoms with Crippen LogP contribution in [-0.2, 0) is 4.79 Å².